The number of benzene rings is 1. The second kappa shape index (κ2) is 7.75. The van der Waals surface area contributed by atoms with Gasteiger partial charge in [-0.05, 0) is 31.5 Å². The molecule has 0 aliphatic heterocycles. The minimum Gasteiger partial charge on any atom is -0.480 e. The molecule has 1 aromatic rings. The smallest absolute Gasteiger partial charge is 0.325 e. The van der Waals surface area contributed by atoms with Gasteiger partial charge in [0.05, 0.1) is 0 Å². The highest BCUT2D eigenvalue weighted by Crippen LogP contribution is 2.20. The highest BCUT2D eigenvalue weighted by Gasteiger charge is 2.23. The Hall–Kier alpha value is -1.75. The minimum absolute atomic E-state index is 0.320. The molecule has 1 N–H and O–H groups in total. The summed E-state index contributed by atoms with van der Waals surface area (Å²) in [7, 11) is 0. The normalized spacial score (nSPS) is 10.2. The van der Waals surface area contributed by atoms with Gasteiger partial charge in [-0.25, -0.2) is 4.79 Å². The molecule has 0 aromatic heterocycles. The summed E-state index contributed by atoms with van der Waals surface area (Å²) in [5, 5.41) is 9.46. The fourth-order valence-corrected chi connectivity index (χ4v) is 2.06. The number of hydrogen-bond donors (Lipinski definition) is 1. The zero-order valence-electron chi connectivity index (χ0n) is 11.7. The van der Waals surface area contributed by atoms with Crippen LogP contribution in [0.1, 0.15) is 20.3 Å². The highest BCUT2D eigenvalue weighted by molar-refractivity contribution is 6.30. The first kappa shape index (κ1) is 16.3. The molecular formula is C14H19ClN2O3. The summed E-state index contributed by atoms with van der Waals surface area (Å²) in [6.45, 7) is 4.57. The average Bonchev–Trinajstić information content (AvgIpc) is 2.41. The molecule has 110 valence electrons. The number of anilines is 1. The lowest BCUT2D eigenvalue weighted by atomic mass is 10.3. The van der Waals surface area contributed by atoms with Gasteiger partial charge in [0.15, 0.2) is 0 Å². The van der Waals surface area contributed by atoms with Crippen molar-refractivity contribution in [3.63, 3.8) is 0 Å². The Morgan fingerprint density at radius 3 is 2.50 bits per heavy atom. The molecule has 0 fully saturated rings. The van der Waals surface area contributed by atoms with Crippen LogP contribution in [0.5, 0.6) is 0 Å². The molecule has 0 aliphatic rings. The second-order valence-electron chi connectivity index (χ2n) is 4.32. The number of rotatable bonds is 6. The maximum Gasteiger partial charge on any atom is 0.325 e. The number of amides is 2. The molecule has 6 heteroatoms. The Morgan fingerprint density at radius 2 is 2.00 bits per heavy atom. The molecule has 1 aromatic carbocycles. The third kappa shape index (κ3) is 4.42. The van der Waals surface area contributed by atoms with E-state index in [-0.39, 0.29) is 12.6 Å². The topological polar surface area (TPSA) is 60.9 Å². The van der Waals surface area contributed by atoms with E-state index in [1.165, 1.54) is 4.90 Å². The van der Waals surface area contributed by atoms with Crippen molar-refractivity contribution in [3.8, 4) is 0 Å². The van der Waals surface area contributed by atoms with Gasteiger partial charge in [-0.3, -0.25) is 9.69 Å². The zero-order chi connectivity index (χ0) is 15.1. The molecule has 0 spiro atoms. The van der Waals surface area contributed by atoms with Crippen LogP contribution in [-0.2, 0) is 4.79 Å². The SMILES string of the molecule is CCCN(CC)C(=O)N(CC(=O)O)c1cccc(Cl)c1. The number of carbonyl (C=O) groups is 2. The Labute approximate surface area is 123 Å². The van der Waals surface area contributed by atoms with Crippen LogP contribution in [0.4, 0.5) is 10.5 Å². The van der Waals surface area contributed by atoms with Crippen molar-refractivity contribution in [2.45, 2.75) is 20.3 Å². The van der Waals surface area contributed by atoms with Crippen LogP contribution in [0.15, 0.2) is 24.3 Å². The average molecular weight is 299 g/mol. The van der Waals surface area contributed by atoms with Crippen molar-refractivity contribution in [1.29, 1.82) is 0 Å². The summed E-state index contributed by atoms with van der Waals surface area (Å²) in [4.78, 5) is 26.3. The van der Waals surface area contributed by atoms with Gasteiger partial charge in [-0.15, -0.1) is 0 Å². The van der Waals surface area contributed by atoms with E-state index in [2.05, 4.69) is 0 Å². The third-order valence-electron chi connectivity index (χ3n) is 2.79. The molecule has 0 saturated heterocycles. The maximum atomic E-state index is 12.5. The van der Waals surface area contributed by atoms with Gasteiger partial charge in [0, 0.05) is 23.8 Å². The van der Waals surface area contributed by atoms with Gasteiger partial charge in [0.25, 0.3) is 0 Å². The summed E-state index contributed by atoms with van der Waals surface area (Å²) in [6.07, 6.45) is 0.816. The summed E-state index contributed by atoms with van der Waals surface area (Å²) in [6, 6.07) is 6.31. The maximum absolute atomic E-state index is 12.5. The van der Waals surface area contributed by atoms with Gasteiger partial charge < -0.3 is 10.0 Å². The molecule has 0 saturated carbocycles. The standard InChI is InChI=1S/C14H19ClN2O3/c1-3-8-16(4-2)14(20)17(10-13(18)19)12-7-5-6-11(15)9-12/h5-7,9H,3-4,8,10H2,1-2H3,(H,18,19). The van der Waals surface area contributed by atoms with Crippen LogP contribution in [0.25, 0.3) is 0 Å². The van der Waals surface area contributed by atoms with Crippen LogP contribution in [0.3, 0.4) is 0 Å². The van der Waals surface area contributed by atoms with E-state index < -0.39 is 5.97 Å². The minimum atomic E-state index is -1.06. The van der Waals surface area contributed by atoms with E-state index in [1.54, 1.807) is 29.2 Å². The summed E-state index contributed by atoms with van der Waals surface area (Å²) in [5.41, 5.74) is 0.486. The first-order valence-electron chi connectivity index (χ1n) is 6.53. The van der Waals surface area contributed by atoms with E-state index in [9.17, 15) is 9.59 Å². The molecule has 5 nitrogen and oxygen atoms in total. The summed E-state index contributed by atoms with van der Waals surface area (Å²) >= 11 is 5.91. The predicted molar refractivity (Wildman–Crippen MR) is 79.4 cm³/mol. The number of nitrogens with zero attached hydrogens (tertiary/aromatic N) is 2. The Morgan fingerprint density at radius 1 is 1.30 bits per heavy atom. The summed E-state index contributed by atoms with van der Waals surface area (Å²) in [5.74, 6) is -1.06. The number of carboxylic acids is 1. The lowest BCUT2D eigenvalue weighted by Gasteiger charge is -2.29. The monoisotopic (exact) mass is 298 g/mol. The van der Waals surface area contributed by atoms with E-state index in [0.717, 1.165) is 6.42 Å². The fourth-order valence-electron chi connectivity index (χ4n) is 1.88. The number of halogens is 1. The number of carbonyl (C=O) groups excluding carboxylic acids is 1. The Kier molecular flexibility index (Phi) is 6.31. The molecule has 0 heterocycles. The molecule has 20 heavy (non-hydrogen) atoms. The fraction of sp³-hybridized carbons (Fsp3) is 0.429. The van der Waals surface area contributed by atoms with E-state index >= 15 is 0 Å². The van der Waals surface area contributed by atoms with Crippen molar-refractivity contribution in [3.05, 3.63) is 29.3 Å². The van der Waals surface area contributed by atoms with Gasteiger partial charge >= 0.3 is 12.0 Å². The van der Waals surface area contributed by atoms with E-state index in [1.807, 2.05) is 13.8 Å². The number of hydrogen-bond acceptors (Lipinski definition) is 2. The molecule has 1 rings (SSSR count). The zero-order valence-corrected chi connectivity index (χ0v) is 12.4. The van der Waals surface area contributed by atoms with E-state index in [4.69, 9.17) is 16.7 Å². The van der Waals surface area contributed by atoms with Crippen LogP contribution in [0.2, 0.25) is 5.02 Å². The van der Waals surface area contributed by atoms with E-state index in [0.29, 0.717) is 23.8 Å². The lowest BCUT2D eigenvalue weighted by molar-refractivity contribution is -0.135. The van der Waals surface area contributed by atoms with Crippen LogP contribution in [-0.4, -0.2) is 41.6 Å². The first-order chi connectivity index (χ1) is 9.49. The Balaban J connectivity index is 3.05. The lowest BCUT2D eigenvalue weighted by Crippen LogP contribution is -2.45. The highest BCUT2D eigenvalue weighted by atomic mass is 35.5. The number of urea groups is 1. The van der Waals surface area contributed by atoms with Crippen molar-refractivity contribution < 1.29 is 14.7 Å². The van der Waals surface area contributed by atoms with Crippen LogP contribution < -0.4 is 4.90 Å². The van der Waals surface area contributed by atoms with Gasteiger partial charge in [-0.1, -0.05) is 24.6 Å². The molecule has 0 atom stereocenters. The van der Waals surface area contributed by atoms with Gasteiger partial charge in [-0.2, -0.15) is 0 Å². The quantitative estimate of drug-likeness (QED) is 0.878. The molecule has 0 bridgehead atoms. The van der Waals surface area contributed by atoms with Crippen LogP contribution in [0, 0.1) is 0 Å². The largest absolute Gasteiger partial charge is 0.480 e. The molecule has 0 radical (unpaired) electrons. The molecule has 2 amide bonds. The third-order valence-corrected chi connectivity index (χ3v) is 3.03. The molecular weight excluding hydrogens is 280 g/mol. The predicted octanol–water partition coefficient (Wildman–Crippen LogP) is 3.08. The van der Waals surface area contributed by atoms with Gasteiger partial charge in [0.2, 0.25) is 0 Å². The molecule has 0 aliphatic carbocycles. The molecule has 0 unspecified atom stereocenters. The Bertz CT molecular complexity index is 479. The van der Waals surface area contributed by atoms with Crippen molar-refractivity contribution in [2.75, 3.05) is 24.5 Å². The number of carboxylic acid groups (broad SMARTS) is 1. The van der Waals surface area contributed by atoms with Crippen molar-refractivity contribution in [2.24, 2.45) is 0 Å². The second-order valence-corrected chi connectivity index (χ2v) is 4.76. The van der Waals surface area contributed by atoms with Crippen LogP contribution >= 0.6 is 11.6 Å². The summed E-state index contributed by atoms with van der Waals surface area (Å²) < 4.78 is 0. The number of aliphatic carboxylic acids is 1. The van der Waals surface area contributed by atoms with Crippen molar-refractivity contribution in [1.82, 2.24) is 4.90 Å². The van der Waals surface area contributed by atoms with Gasteiger partial charge in [0.1, 0.15) is 6.54 Å². The first-order valence-corrected chi connectivity index (χ1v) is 6.91. The van der Waals surface area contributed by atoms with Crippen molar-refractivity contribution >= 4 is 29.3 Å².